The smallest absolute Gasteiger partial charge is 0.337 e. The average molecular weight is 415 g/mol. The van der Waals surface area contributed by atoms with E-state index in [1.165, 1.54) is 7.11 Å². The molecule has 0 atom stereocenters. The molecular weight excluding hydrogens is 400 g/mol. The molecule has 0 unspecified atom stereocenters. The molecule has 1 amide bonds. The SMILES string of the molecule is COc1ccc(OCC(=O)NNS(=O)(=O)c2ccc(Cl)c(C(=O)O)c2)cc1. The zero-order chi connectivity index (χ0) is 20.0. The number of ether oxygens (including phenoxy) is 2. The molecule has 3 N–H and O–H groups in total. The first-order valence-corrected chi connectivity index (χ1v) is 9.19. The van der Waals surface area contributed by atoms with Gasteiger partial charge in [0.1, 0.15) is 11.5 Å². The van der Waals surface area contributed by atoms with Crippen molar-refractivity contribution in [3.63, 3.8) is 0 Å². The standard InChI is InChI=1S/C16H15ClN2O7S/c1-25-10-2-4-11(5-3-10)26-9-15(20)18-19-27(23,24)12-6-7-14(17)13(8-12)16(21)22/h2-8,19H,9H2,1H3,(H,18,20)(H,21,22). The van der Waals surface area contributed by atoms with Crippen LogP contribution in [0.5, 0.6) is 11.5 Å². The second kappa shape index (κ2) is 8.71. The van der Waals surface area contributed by atoms with Crippen LogP contribution in [0.1, 0.15) is 10.4 Å². The Hall–Kier alpha value is -2.82. The highest BCUT2D eigenvalue weighted by atomic mass is 35.5. The molecule has 2 aromatic rings. The highest BCUT2D eigenvalue weighted by Gasteiger charge is 2.19. The predicted molar refractivity (Wildman–Crippen MR) is 95.4 cm³/mol. The summed E-state index contributed by atoms with van der Waals surface area (Å²) in [5.74, 6) is -1.14. The van der Waals surface area contributed by atoms with Crippen molar-refractivity contribution in [3.05, 3.63) is 53.1 Å². The minimum atomic E-state index is -4.20. The fraction of sp³-hybridized carbons (Fsp3) is 0.125. The molecule has 9 nitrogen and oxygen atoms in total. The van der Waals surface area contributed by atoms with Crippen LogP contribution in [-0.4, -0.2) is 39.1 Å². The van der Waals surface area contributed by atoms with E-state index in [9.17, 15) is 18.0 Å². The number of hydrogen-bond donors (Lipinski definition) is 3. The van der Waals surface area contributed by atoms with Crippen LogP contribution in [0.4, 0.5) is 0 Å². The third-order valence-electron chi connectivity index (χ3n) is 3.23. The van der Waals surface area contributed by atoms with Gasteiger partial charge in [0.05, 0.1) is 22.6 Å². The van der Waals surface area contributed by atoms with Gasteiger partial charge < -0.3 is 14.6 Å². The predicted octanol–water partition coefficient (Wildman–Crippen LogP) is 1.44. The molecule has 0 aliphatic heterocycles. The quantitative estimate of drug-likeness (QED) is 0.557. The number of carboxylic acid groups (broad SMARTS) is 1. The second-order valence-electron chi connectivity index (χ2n) is 5.06. The Morgan fingerprint density at radius 3 is 2.33 bits per heavy atom. The van der Waals surface area contributed by atoms with Gasteiger partial charge in [0, 0.05) is 0 Å². The minimum absolute atomic E-state index is 0.113. The maximum atomic E-state index is 12.2. The first kappa shape index (κ1) is 20.5. The van der Waals surface area contributed by atoms with E-state index in [0.717, 1.165) is 18.2 Å². The normalized spacial score (nSPS) is 10.9. The molecule has 11 heteroatoms. The van der Waals surface area contributed by atoms with Crippen LogP contribution in [0, 0.1) is 0 Å². The van der Waals surface area contributed by atoms with E-state index in [-0.39, 0.29) is 15.5 Å². The number of carbonyl (C=O) groups excluding carboxylic acids is 1. The Labute approximate surface area is 159 Å². The van der Waals surface area contributed by atoms with E-state index in [0.29, 0.717) is 11.5 Å². The van der Waals surface area contributed by atoms with Crippen LogP contribution in [0.3, 0.4) is 0 Å². The number of benzene rings is 2. The highest BCUT2D eigenvalue weighted by molar-refractivity contribution is 7.89. The molecule has 0 saturated heterocycles. The number of rotatable bonds is 8. The Morgan fingerprint density at radius 1 is 1.11 bits per heavy atom. The van der Waals surface area contributed by atoms with E-state index in [2.05, 4.69) is 0 Å². The molecule has 27 heavy (non-hydrogen) atoms. The minimum Gasteiger partial charge on any atom is -0.497 e. The summed E-state index contributed by atoms with van der Waals surface area (Å²) in [6.45, 7) is -0.449. The molecule has 0 bridgehead atoms. The second-order valence-corrected chi connectivity index (χ2v) is 7.15. The lowest BCUT2D eigenvalue weighted by Gasteiger charge is -2.10. The van der Waals surface area contributed by atoms with E-state index >= 15 is 0 Å². The molecule has 0 fully saturated rings. The van der Waals surface area contributed by atoms with E-state index in [1.807, 2.05) is 10.3 Å². The fourth-order valence-electron chi connectivity index (χ4n) is 1.88. The van der Waals surface area contributed by atoms with Crippen molar-refractivity contribution in [3.8, 4) is 11.5 Å². The molecule has 0 spiro atoms. The number of sulfonamides is 1. The number of aromatic carboxylic acids is 1. The summed E-state index contributed by atoms with van der Waals surface area (Å²) in [6.07, 6.45) is 0. The first-order chi connectivity index (χ1) is 12.7. The summed E-state index contributed by atoms with van der Waals surface area (Å²) in [4.78, 5) is 24.3. The van der Waals surface area contributed by atoms with Gasteiger partial charge in [-0.15, -0.1) is 4.83 Å². The maximum Gasteiger partial charge on any atom is 0.337 e. The van der Waals surface area contributed by atoms with Crippen LogP contribution >= 0.6 is 11.6 Å². The number of nitrogens with one attached hydrogen (secondary N) is 2. The molecule has 0 aromatic heterocycles. The van der Waals surface area contributed by atoms with Crippen molar-refractivity contribution < 1.29 is 32.6 Å². The van der Waals surface area contributed by atoms with Gasteiger partial charge in [-0.25, -0.2) is 13.2 Å². The summed E-state index contributed by atoms with van der Waals surface area (Å²) in [7, 11) is -2.69. The van der Waals surface area contributed by atoms with Gasteiger partial charge in [0.25, 0.3) is 15.9 Å². The third kappa shape index (κ3) is 5.58. The Bertz CT molecular complexity index is 946. The van der Waals surface area contributed by atoms with Crippen molar-refractivity contribution in [2.24, 2.45) is 0 Å². The summed E-state index contributed by atoms with van der Waals surface area (Å²) in [6, 6.07) is 9.56. The Kier molecular flexibility index (Phi) is 6.61. The van der Waals surface area contributed by atoms with E-state index in [4.69, 9.17) is 26.2 Å². The summed E-state index contributed by atoms with van der Waals surface area (Å²) in [5, 5.41) is 8.88. The Morgan fingerprint density at radius 2 is 1.74 bits per heavy atom. The highest BCUT2D eigenvalue weighted by Crippen LogP contribution is 2.20. The monoisotopic (exact) mass is 414 g/mol. The van der Waals surface area contributed by atoms with Crippen molar-refractivity contribution in [1.29, 1.82) is 0 Å². The van der Waals surface area contributed by atoms with Crippen molar-refractivity contribution in [2.45, 2.75) is 4.90 Å². The summed E-state index contributed by atoms with van der Waals surface area (Å²) >= 11 is 5.70. The number of hydrazine groups is 1. The number of carbonyl (C=O) groups is 2. The van der Waals surface area contributed by atoms with Crippen LogP contribution < -0.4 is 19.7 Å². The molecule has 2 rings (SSSR count). The topological polar surface area (TPSA) is 131 Å². The van der Waals surface area contributed by atoms with Gasteiger partial charge in [-0.1, -0.05) is 11.6 Å². The van der Waals surface area contributed by atoms with Gasteiger partial charge in [-0.2, -0.15) is 0 Å². The van der Waals surface area contributed by atoms with Gasteiger partial charge >= 0.3 is 5.97 Å². The number of amides is 1. The first-order valence-electron chi connectivity index (χ1n) is 7.33. The Balaban J connectivity index is 1.95. The average Bonchev–Trinajstić information content (AvgIpc) is 2.65. The molecule has 144 valence electrons. The lowest BCUT2D eigenvalue weighted by atomic mass is 10.2. The molecule has 0 heterocycles. The lowest BCUT2D eigenvalue weighted by Crippen LogP contribution is -2.43. The molecule has 2 aromatic carbocycles. The van der Waals surface area contributed by atoms with Crippen LogP contribution in [0.15, 0.2) is 47.4 Å². The van der Waals surface area contributed by atoms with Crippen molar-refractivity contribution >= 4 is 33.5 Å². The number of hydrogen-bond acceptors (Lipinski definition) is 6. The van der Waals surface area contributed by atoms with Gasteiger partial charge in [0.2, 0.25) is 0 Å². The molecule has 0 radical (unpaired) electrons. The number of halogens is 1. The fourth-order valence-corrected chi connectivity index (χ4v) is 2.96. The summed E-state index contributed by atoms with van der Waals surface area (Å²) in [5.41, 5.74) is 1.59. The lowest BCUT2D eigenvalue weighted by molar-refractivity contribution is -0.123. The van der Waals surface area contributed by atoms with Crippen LogP contribution in [0.25, 0.3) is 0 Å². The van der Waals surface area contributed by atoms with Crippen LogP contribution in [0.2, 0.25) is 5.02 Å². The van der Waals surface area contributed by atoms with Gasteiger partial charge in [-0.3, -0.25) is 10.2 Å². The molecular formula is C16H15ClN2O7S. The van der Waals surface area contributed by atoms with Crippen molar-refractivity contribution in [1.82, 2.24) is 10.3 Å². The van der Waals surface area contributed by atoms with E-state index < -0.39 is 28.5 Å². The third-order valence-corrected chi connectivity index (χ3v) is 4.81. The zero-order valence-electron chi connectivity index (χ0n) is 13.9. The zero-order valence-corrected chi connectivity index (χ0v) is 15.5. The number of methoxy groups -OCH3 is 1. The number of carboxylic acids is 1. The van der Waals surface area contributed by atoms with Gasteiger partial charge in [0.15, 0.2) is 6.61 Å². The molecule has 0 aliphatic rings. The summed E-state index contributed by atoms with van der Waals surface area (Å²) < 4.78 is 34.5. The largest absolute Gasteiger partial charge is 0.497 e. The van der Waals surface area contributed by atoms with Crippen LogP contribution in [-0.2, 0) is 14.8 Å². The molecule has 0 saturated carbocycles. The van der Waals surface area contributed by atoms with Crippen molar-refractivity contribution in [2.75, 3.05) is 13.7 Å². The molecule has 0 aliphatic carbocycles. The van der Waals surface area contributed by atoms with E-state index in [1.54, 1.807) is 24.3 Å². The van der Waals surface area contributed by atoms with Gasteiger partial charge in [-0.05, 0) is 42.5 Å². The maximum absolute atomic E-state index is 12.2.